The van der Waals surface area contributed by atoms with Crippen LogP contribution in [0.3, 0.4) is 0 Å². The molecule has 26 heavy (non-hydrogen) atoms. The minimum Gasteiger partial charge on any atom is -0.363 e. The molecule has 0 unspecified atom stereocenters. The van der Waals surface area contributed by atoms with Crippen molar-refractivity contribution in [3.8, 4) is 11.1 Å². The average molecular weight is 367 g/mol. The van der Waals surface area contributed by atoms with Gasteiger partial charge in [0.1, 0.15) is 11.6 Å². The van der Waals surface area contributed by atoms with Crippen LogP contribution < -0.4 is 5.32 Å². The molecule has 2 heterocycles. The minimum atomic E-state index is -0.245. The SMILES string of the molecule is C[C@@H](Nc1ccn2ncc(-c3cccc(Cl)c3)c2n1)c1ccc(F)cc1. The molecule has 2 aromatic heterocycles. The quantitative estimate of drug-likeness (QED) is 0.528. The Hall–Kier alpha value is -2.92. The first-order valence-electron chi connectivity index (χ1n) is 8.22. The van der Waals surface area contributed by atoms with E-state index in [1.54, 1.807) is 22.8 Å². The van der Waals surface area contributed by atoms with Crippen LogP contribution in [0.25, 0.3) is 16.8 Å². The third-order valence-electron chi connectivity index (χ3n) is 4.24. The van der Waals surface area contributed by atoms with Gasteiger partial charge in [-0.15, -0.1) is 0 Å². The van der Waals surface area contributed by atoms with E-state index in [1.165, 1.54) is 12.1 Å². The summed E-state index contributed by atoms with van der Waals surface area (Å²) in [4.78, 5) is 4.70. The van der Waals surface area contributed by atoms with Crippen LogP contribution in [0.5, 0.6) is 0 Å². The summed E-state index contributed by atoms with van der Waals surface area (Å²) in [6, 6.07) is 15.9. The standard InChI is InChI=1S/C20H16ClFN4/c1-13(14-5-7-17(22)8-6-14)24-19-9-10-26-20(25-19)18(12-23-26)15-3-2-4-16(21)11-15/h2-13H,1H3,(H,24,25)/t13-/m1/s1. The van der Waals surface area contributed by atoms with Crippen LogP contribution in [0.4, 0.5) is 10.2 Å². The van der Waals surface area contributed by atoms with Crippen molar-refractivity contribution in [2.24, 2.45) is 0 Å². The van der Waals surface area contributed by atoms with Gasteiger partial charge in [-0.3, -0.25) is 0 Å². The highest BCUT2D eigenvalue weighted by Gasteiger charge is 2.11. The van der Waals surface area contributed by atoms with E-state index in [-0.39, 0.29) is 11.9 Å². The maximum atomic E-state index is 13.1. The Labute approximate surface area is 155 Å². The first kappa shape index (κ1) is 16.5. The third-order valence-corrected chi connectivity index (χ3v) is 4.47. The van der Waals surface area contributed by atoms with Crippen LogP contribution in [-0.2, 0) is 0 Å². The highest BCUT2D eigenvalue weighted by Crippen LogP contribution is 2.27. The molecule has 0 fully saturated rings. The second kappa shape index (κ2) is 6.77. The predicted octanol–water partition coefficient (Wildman–Crippen LogP) is 5.36. The molecule has 0 saturated heterocycles. The number of aromatic nitrogens is 3. The number of rotatable bonds is 4. The molecule has 0 spiro atoms. The highest BCUT2D eigenvalue weighted by molar-refractivity contribution is 6.30. The second-order valence-corrected chi connectivity index (χ2v) is 6.50. The molecule has 6 heteroatoms. The summed E-state index contributed by atoms with van der Waals surface area (Å²) in [5.74, 6) is 0.476. The van der Waals surface area contributed by atoms with E-state index in [0.29, 0.717) is 5.02 Å². The molecule has 0 amide bonds. The number of hydrogen-bond acceptors (Lipinski definition) is 3. The molecule has 0 aliphatic heterocycles. The van der Waals surface area contributed by atoms with Crippen molar-refractivity contribution in [2.45, 2.75) is 13.0 Å². The van der Waals surface area contributed by atoms with Gasteiger partial charge in [0.05, 0.1) is 6.20 Å². The van der Waals surface area contributed by atoms with Gasteiger partial charge >= 0.3 is 0 Å². The molecule has 4 nitrogen and oxygen atoms in total. The number of fused-ring (bicyclic) bond motifs is 1. The third kappa shape index (κ3) is 3.26. The Morgan fingerprint density at radius 2 is 1.92 bits per heavy atom. The Kier molecular flexibility index (Phi) is 4.31. The van der Waals surface area contributed by atoms with Crippen molar-refractivity contribution in [3.05, 3.63) is 83.4 Å². The predicted molar refractivity (Wildman–Crippen MR) is 102 cm³/mol. The summed E-state index contributed by atoms with van der Waals surface area (Å²) < 4.78 is 14.8. The Morgan fingerprint density at radius 1 is 1.12 bits per heavy atom. The van der Waals surface area contributed by atoms with E-state index in [2.05, 4.69) is 10.4 Å². The van der Waals surface area contributed by atoms with Crippen LogP contribution >= 0.6 is 11.6 Å². The monoisotopic (exact) mass is 366 g/mol. The number of nitrogens with one attached hydrogen (secondary N) is 1. The second-order valence-electron chi connectivity index (χ2n) is 6.07. The molecule has 4 rings (SSSR count). The molecular formula is C20H16ClFN4. The number of halogens is 2. The topological polar surface area (TPSA) is 42.2 Å². The van der Waals surface area contributed by atoms with Crippen LogP contribution in [0.2, 0.25) is 5.02 Å². The van der Waals surface area contributed by atoms with E-state index in [0.717, 1.165) is 28.2 Å². The molecule has 0 aliphatic rings. The number of benzene rings is 2. The molecule has 1 N–H and O–H groups in total. The van der Waals surface area contributed by atoms with E-state index in [9.17, 15) is 4.39 Å². The Balaban J connectivity index is 1.66. The summed E-state index contributed by atoms with van der Waals surface area (Å²) in [5, 5.41) is 8.37. The van der Waals surface area contributed by atoms with E-state index >= 15 is 0 Å². The van der Waals surface area contributed by atoms with Gasteiger partial charge in [-0.1, -0.05) is 35.9 Å². The summed E-state index contributed by atoms with van der Waals surface area (Å²) in [6.07, 6.45) is 3.64. The molecule has 0 saturated carbocycles. The maximum absolute atomic E-state index is 13.1. The molecule has 130 valence electrons. The van der Waals surface area contributed by atoms with E-state index in [4.69, 9.17) is 16.6 Å². The van der Waals surface area contributed by atoms with E-state index in [1.807, 2.05) is 43.5 Å². The lowest BCUT2D eigenvalue weighted by atomic mass is 10.1. The van der Waals surface area contributed by atoms with Gasteiger partial charge in [0.25, 0.3) is 0 Å². The van der Waals surface area contributed by atoms with Gasteiger partial charge < -0.3 is 5.32 Å². The van der Waals surface area contributed by atoms with Crippen molar-refractivity contribution in [1.82, 2.24) is 14.6 Å². The fourth-order valence-electron chi connectivity index (χ4n) is 2.87. The molecular weight excluding hydrogens is 351 g/mol. The van der Waals surface area contributed by atoms with Gasteiger partial charge in [-0.25, -0.2) is 13.9 Å². The van der Waals surface area contributed by atoms with Crippen LogP contribution in [0, 0.1) is 5.82 Å². The lowest BCUT2D eigenvalue weighted by molar-refractivity contribution is 0.626. The molecule has 0 aliphatic carbocycles. The van der Waals surface area contributed by atoms with Gasteiger partial charge in [-0.05, 0) is 48.4 Å². The van der Waals surface area contributed by atoms with Crippen LogP contribution in [0.1, 0.15) is 18.5 Å². The van der Waals surface area contributed by atoms with Crippen molar-refractivity contribution in [3.63, 3.8) is 0 Å². The largest absolute Gasteiger partial charge is 0.363 e. The zero-order chi connectivity index (χ0) is 18.1. The molecule has 4 aromatic rings. The van der Waals surface area contributed by atoms with Gasteiger partial charge in [-0.2, -0.15) is 5.10 Å². The molecule has 0 bridgehead atoms. The lowest BCUT2D eigenvalue weighted by Gasteiger charge is -2.15. The number of hydrogen-bond donors (Lipinski definition) is 1. The number of anilines is 1. The van der Waals surface area contributed by atoms with E-state index < -0.39 is 0 Å². The summed E-state index contributed by atoms with van der Waals surface area (Å²) in [7, 11) is 0. The molecule has 2 aromatic carbocycles. The average Bonchev–Trinajstić information content (AvgIpc) is 3.05. The zero-order valence-electron chi connectivity index (χ0n) is 14.0. The van der Waals surface area contributed by atoms with Crippen LogP contribution in [-0.4, -0.2) is 14.6 Å². The van der Waals surface area contributed by atoms with Crippen molar-refractivity contribution in [1.29, 1.82) is 0 Å². The highest BCUT2D eigenvalue weighted by atomic mass is 35.5. The molecule has 1 atom stereocenters. The molecule has 0 radical (unpaired) electrons. The van der Waals surface area contributed by atoms with Crippen molar-refractivity contribution in [2.75, 3.05) is 5.32 Å². The fourth-order valence-corrected chi connectivity index (χ4v) is 3.06. The van der Waals surface area contributed by atoms with Crippen molar-refractivity contribution < 1.29 is 4.39 Å². The summed E-state index contributed by atoms with van der Waals surface area (Å²) in [5.41, 5.74) is 3.59. The normalized spacial score (nSPS) is 12.3. The first-order chi connectivity index (χ1) is 12.6. The van der Waals surface area contributed by atoms with Crippen LogP contribution in [0.15, 0.2) is 67.0 Å². The Morgan fingerprint density at radius 3 is 2.69 bits per heavy atom. The van der Waals surface area contributed by atoms with Gasteiger partial charge in [0.2, 0.25) is 0 Å². The maximum Gasteiger partial charge on any atom is 0.165 e. The smallest absolute Gasteiger partial charge is 0.165 e. The number of nitrogens with zero attached hydrogens (tertiary/aromatic N) is 3. The van der Waals surface area contributed by atoms with Crippen molar-refractivity contribution >= 4 is 23.1 Å². The van der Waals surface area contributed by atoms with Gasteiger partial charge in [0, 0.05) is 22.8 Å². The Bertz CT molecular complexity index is 1060. The zero-order valence-corrected chi connectivity index (χ0v) is 14.8. The fraction of sp³-hybridized carbons (Fsp3) is 0.100. The first-order valence-corrected chi connectivity index (χ1v) is 8.60. The summed E-state index contributed by atoms with van der Waals surface area (Å²) in [6.45, 7) is 2.01. The van der Waals surface area contributed by atoms with Gasteiger partial charge in [0.15, 0.2) is 5.65 Å². The lowest BCUT2D eigenvalue weighted by Crippen LogP contribution is -2.08. The summed E-state index contributed by atoms with van der Waals surface area (Å²) >= 11 is 6.11. The minimum absolute atomic E-state index is 0.0110.